The van der Waals surface area contributed by atoms with E-state index in [1.807, 2.05) is 6.92 Å². The van der Waals surface area contributed by atoms with E-state index in [0.29, 0.717) is 6.42 Å². The van der Waals surface area contributed by atoms with Crippen molar-refractivity contribution in [2.45, 2.75) is 32.9 Å². The van der Waals surface area contributed by atoms with Crippen molar-refractivity contribution >= 4 is 11.6 Å². The van der Waals surface area contributed by atoms with E-state index >= 15 is 0 Å². The van der Waals surface area contributed by atoms with Gasteiger partial charge in [0.05, 0.1) is 16.8 Å². The summed E-state index contributed by atoms with van der Waals surface area (Å²) in [6.45, 7) is 3.66. The van der Waals surface area contributed by atoms with Gasteiger partial charge in [0, 0.05) is 5.92 Å². The average molecular weight is 284 g/mol. The van der Waals surface area contributed by atoms with E-state index in [4.69, 9.17) is 5.26 Å². The first-order valence-corrected chi connectivity index (χ1v) is 6.21. The Bertz CT molecular complexity index is 532. The van der Waals surface area contributed by atoms with Gasteiger partial charge >= 0.3 is 6.18 Å². The molecular formula is C14H15F3N2O. The third kappa shape index (κ3) is 3.98. The van der Waals surface area contributed by atoms with Gasteiger partial charge in [0.15, 0.2) is 0 Å². The Morgan fingerprint density at radius 1 is 1.45 bits per heavy atom. The molecule has 6 heteroatoms. The molecule has 3 nitrogen and oxygen atoms in total. The third-order valence-electron chi connectivity index (χ3n) is 2.89. The topological polar surface area (TPSA) is 52.9 Å². The first-order valence-electron chi connectivity index (χ1n) is 6.21. The van der Waals surface area contributed by atoms with Crippen LogP contribution in [0.2, 0.25) is 0 Å². The smallest absolute Gasteiger partial charge is 0.325 e. The molecule has 0 radical (unpaired) electrons. The highest BCUT2D eigenvalue weighted by molar-refractivity contribution is 5.93. The lowest BCUT2D eigenvalue weighted by Gasteiger charge is -2.13. The zero-order valence-corrected chi connectivity index (χ0v) is 11.2. The van der Waals surface area contributed by atoms with E-state index in [1.54, 1.807) is 13.0 Å². The number of nitrogens with one attached hydrogen (secondary N) is 1. The van der Waals surface area contributed by atoms with E-state index < -0.39 is 11.7 Å². The molecular weight excluding hydrogens is 269 g/mol. The molecule has 20 heavy (non-hydrogen) atoms. The molecule has 108 valence electrons. The number of hydrogen-bond acceptors (Lipinski definition) is 2. The van der Waals surface area contributed by atoms with Gasteiger partial charge in [-0.2, -0.15) is 18.4 Å². The van der Waals surface area contributed by atoms with Gasteiger partial charge in [-0.05, 0) is 24.6 Å². The first kappa shape index (κ1) is 16.0. The molecule has 0 saturated heterocycles. The van der Waals surface area contributed by atoms with Crippen LogP contribution in [0, 0.1) is 17.2 Å². The number of amides is 1. The van der Waals surface area contributed by atoms with Crippen LogP contribution in [0.3, 0.4) is 0 Å². The molecule has 0 heterocycles. The molecule has 0 aliphatic rings. The molecule has 1 aromatic rings. The van der Waals surface area contributed by atoms with E-state index in [-0.39, 0.29) is 23.1 Å². The minimum absolute atomic E-state index is 0.105. The van der Waals surface area contributed by atoms with Crippen LogP contribution in [0.15, 0.2) is 18.2 Å². The van der Waals surface area contributed by atoms with Crippen molar-refractivity contribution in [3.8, 4) is 6.07 Å². The number of benzene rings is 1. The van der Waals surface area contributed by atoms with E-state index in [0.717, 1.165) is 24.6 Å². The van der Waals surface area contributed by atoms with Crippen molar-refractivity contribution in [3.05, 3.63) is 29.3 Å². The Hall–Kier alpha value is -2.03. The number of carbonyl (C=O) groups excluding carboxylic acids is 1. The number of nitriles is 1. The van der Waals surface area contributed by atoms with E-state index in [2.05, 4.69) is 5.32 Å². The lowest BCUT2D eigenvalue weighted by atomic mass is 10.0. The summed E-state index contributed by atoms with van der Waals surface area (Å²) in [5.74, 6) is -0.558. The van der Waals surface area contributed by atoms with E-state index in [1.165, 1.54) is 0 Å². The average Bonchev–Trinajstić information content (AvgIpc) is 2.38. The van der Waals surface area contributed by atoms with Crippen molar-refractivity contribution in [3.63, 3.8) is 0 Å². The van der Waals surface area contributed by atoms with Crippen molar-refractivity contribution < 1.29 is 18.0 Å². The predicted octanol–water partition coefficient (Wildman–Crippen LogP) is 3.95. The molecule has 1 aromatic carbocycles. The largest absolute Gasteiger partial charge is 0.416 e. The van der Waals surface area contributed by atoms with Gasteiger partial charge in [0.25, 0.3) is 0 Å². The van der Waals surface area contributed by atoms with Crippen LogP contribution in [-0.2, 0) is 11.0 Å². The number of hydrogen-bond donors (Lipinski definition) is 1. The summed E-state index contributed by atoms with van der Waals surface area (Å²) in [7, 11) is 0. The fourth-order valence-corrected chi connectivity index (χ4v) is 1.74. The third-order valence-corrected chi connectivity index (χ3v) is 2.89. The lowest BCUT2D eigenvalue weighted by molar-refractivity contribution is -0.137. The fourth-order valence-electron chi connectivity index (χ4n) is 1.74. The van der Waals surface area contributed by atoms with Crippen LogP contribution < -0.4 is 5.32 Å². The lowest BCUT2D eigenvalue weighted by Crippen LogP contribution is -2.21. The second-order valence-corrected chi connectivity index (χ2v) is 4.55. The Labute approximate surface area is 115 Å². The van der Waals surface area contributed by atoms with Gasteiger partial charge in [-0.15, -0.1) is 0 Å². The summed E-state index contributed by atoms with van der Waals surface area (Å²) < 4.78 is 37.6. The number of rotatable bonds is 4. The minimum atomic E-state index is -4.51. The normalized spacial score (nSPS) is 12.6. The number of anilines is 1. The standard InChI is InChI=1S/C14H15F3N2O/c1-3-4-9(2)13(20)19-12-6-5-11(14(15,16)17)7-10(12)8-18/h5-7,9H,3-4H2,1-2H3,(H,19,20). The Morgan fingerprint density at radius 3 is 2.60 bits per heavy atom. The molecule has 0 aliphatic heterocycles. The molecule has 1 atom stereocenters. The maximum absolute atomic E-state index is 12.5. The summed E-state index contributed by atoms with van der Waals surface area (Å²) in [5, 5.41) is 11.4. The van der Waals surface area contributed by atoms with Crippen molar-refractivity contribution in [1.82, 2.24) is 0 Å². The van der Waals surface area contributed by atoms with Crippen LogP contribution in [0.5, 0.6) is 0 Å². The highest BCUT2D eigenvalue weighted by Crippen LogP contribution is 2.31. The number of carbonyl (C=O) groups is 1. The van der Waals surface area contributed by atoms with Gasteiger partial charge in [-0.3, -0.25) is 4.79 Å². The molecule has 1 unspecified atom stereocenters. The van der Waals surface area contributed by atoms with Crippen LogP contribution >= 0.6 is 0 Å². The summed E-state index contributed by atoms with van der Waals surface area (Å²) in [6.07, 6.45) is -3.01. The molecule has 0 spiro atoms. The van der Waals surface area contributed by atoms with Crippen LogP contribution in [0.4, 0.5) is 18.9 Å². The Morgan fingerprint density at radius 2 is 2.10 bits per heavy atom. The molecule has 0 saturated carbocycles. The highest BCUT2D eigenvalue weighted by Gasteiger charge is 2.31. The van der Waals surface area contributed by atoms with Gasteiger partial charge in [0.2, 0.25) is 5.91 Å². The fraction of sp³-hybridized carbons (Fsp3) is 0.429. The van der Waals surface area contributed by atoms with Gasteiger partial charge in [-0.25, -0.2) is 0 Å². The summed E-state index contributed by atoms with van der Waals surface area (Å²) in [5.41, 5.74) is -1.00. The Kier molecular flexibility index (Phi) is 5.14. The maximum Gasteiger partial charge on any atom is 0.416 e. The molecule has 0 bridgehead atoms. The SMILES string of the molecule is CCCC(C)C(=O)Nc1ccc(C(F)(F)F)cc1C#N. The predicted molar refractivity (Wildman–Crippen MR) is 68.9 cm³/mol. The Balaban J connectivity index is 2.98. The first-order chi connectivity index (χ1) is 9.29. The zero-order chi connectivity index (χ0) is 15.3. The van der Waals surface area contributed by atoms with Crippen LogP contribution in [0.1, 0.15) is 37.8 Å². The quantitative estimate of drug-likeness (QED) is 0.910. The molecule has 1 rings (SSSR count). The van der Waals surface area contributed by atoms with Gasteiger partial charge in [-0.1, -0.05) is 20.3 Å². The number of alkyl halides is 3. The molecule has 1 N–H and O–H groups in total. The zero-order valence-electron chi connectivity index (χ0n) is 11.2. The van der Waals surface area contributed by atoms with Crippen LogP contribution in [-0.4, -0.2) is 5.91 Å². The molecule has 0 fully saturated rings. The second kappa shape index (κ2) is 6.42. The van der Waals surface area contributed by atoms with Gasteiger partial charge < -0.3 is 5.32 Å². The van der Waals surface area contributed by atoms with Crippen LogP contribution in [0.25, 0.3) is 0 Å². The monoisotopic (exact) mass is 284 g/mol. The van der Waals surface area contributed by atoms with Gasteiger partial charge in [0.1, 0.15) is 6.07 Å². The number of halogens is 3. The molecule has 1 amide bonds. The van der Waals surface area contributed by atoms with Crippen molar-refractivity contribution in [2.75, 3.05) is 5.32 Å². The van der Waals surface area contributed by atoms with Crippen molar-refractivity contribution in [1.29, 1.82) is 5.26 Å². The second-order valence-electron chi connectivity index (χ2n) is 4.55. The maximum atomic E-state index is 12.5. The number of nitrogens with zero attached hydrogens (tertiary/aromatic N) is 1. The van der Waals surface area contributed by atoms with E-state index in [9.17, 15) is 18.0 Å². The highest BCUT2D eigenvalue weighted by atomic mass is 19.4. The summed E-state index contributed by atoms with van der Waals surface area (Å²) >= 11 is 0. The molecule has 0 aliphatic carbocycles. The molecule has 0 aromatic heterocycles. The van der Waals surface area contributed by atoms with Crippen molar-refractivity contribution in [2.24, 2.45) is 5.92 Å². The summed E-state index contributed by atoms with van der Waals surface area (Å²) in [6, 6.07) is 4.36. The summed E-state index contributed by atoms with van der Waals surface area (Å²) in [4.78, 5) is 11.8. The minimum Gasteiger partial charge on any atom is -0.325 e.